The van der Waals surface area contributed by atoms with Gasteiger partial charge in [-0.2, -0.15) is 5.26 Å². The minimum absolute atomic E-state index is 0.641. The summed E-state index contributed by atoms with van der Waals surface area (Å²) in [4.78, 5) is 11.7. The fourth-order valence-corrected chi connectivity index (χ4v) is 1.84. The summed E-state index contributed by atoms with van der Waals surface area (Å²) in [6.45, 7) is 0. The number of hydrogen-bond acceptors (Lipinski definition) is 3. The predicted octanol–water partition coefficient (Wildman–Crippen LogP) is 3.01. The molecule has 19 heavy (non-hydrogen) atoms. The molecule has 0 aliphatic rings. The molecule has 0 saturated carbocycles. The van der Waals surface area contributed by atoms with Crippen molar-refractivity contribution in [3.63, 3.8) is 0 Å². The molecular formula is C15H10N4. The second kappa shape index (κ2) is 4.75. The predicted molar refractivity (Wildman–Crippen MR) is 72.0 cm³/mol. The van der Waals surface area contributed by atoms with Crippen molar-refractivity contribution in [2.45, 2.75) is 0 Å². The third-order valence-corrected chi connectivity index (χ3v) is 2.84. The van der Waals surface area contributed by atoms with Crippen LogP contribution in [0.25, 0.3) is 22.6 Å². The van der Waals surface area contributed by atoms with Crippen LogP contribution in [0.3, 0.4) is 0 Å². The van der Waals surface area contributed by atoms with E-state index in [4.69, 9.17) is 5.26 Å². The first-order valence-electron chi connectivity index (χ1n) is 5.83. The van der Waals surface area contributed by atoms with E-state index in [1.807, 2.05) is 24.3 Å². The Labute approximate surface area is 110 Å². The lowest BCUT2D eigenvalue weighted by Gasteiger charge is -1.97. The van der Waals surface area contributed by atoms with Gasteiger partial charge in [0.1, 0.15) is 5.82 Å². The number of pyridine rings is 1. The fraction of sp³-hybridized carbons (Fsp3) is 0. The van der Waals surface area contributed by atoms with Crippen molar-refractivity contribution in [2.75, 3.05) is 0 Å². The van der Waals surface area contributed by atoms with Gasteiger partial charge in [0.15, 0.2) is 0 Å². The average molecular weight is 246 g/mol. The van der Waals surface area contributed by atoms with Gasteiger partial charge in [-0.1, -0.05) is 0 Å². The van der Waals surface area contributed by atoms with Gasteiger partial charge in [0, 0.05) is 23.5 Å². The number of benzene rings is 1. The van der Waals surface area contributed by atoms with Crippen molar-refractivity contribution in [1.82, 2.24) is 15.0 Å². The summed E-state index contributed by atoms with van der Waals surface area (Å²) in [5, 5.41) is 8.77. The third-order valence-electron chi connectivity index (χ3n) is 2.84. The highest BCUT2D eigenvalue weighted by Crippen LogP contribution is 2.21. The highest BCUT2D eigenvalue weighted by molar-refractivity contribution is 5.64. The molecule has 3 aromatic rings. The first-order valence-corrected chi connectivity index (χ1v) is 5.83. The van der Waals surface area contributed by atoms with E-state index >= 15 is 0 Å². The Hall–Kier alpha value is -2.93. The molecule has 90 valence electrons. The van der Waals surface area contributed by atoms with Crippen LogP contribution in [0, 0.1) is 11.3 Å². The summed E-state index contributed by atoms with van der Waals surface area (Å²) in [5.74, 6) is 0.781. The lowest BCUT2D eigenvalue weighted by atomic mass is 10.1. The average Bonchev–Trinajstić information content (AvgIpc) is 2.98. The van der Waals surface area contributed by atoms with Crippen molar-refractivity contribution in [3.8, 4) is 28.7 Å². The molecular weight excluding hydrogens is 236 g/mol. The van der Waals surface area contributed by atoms with Crippen molar-refractivity contribution < 1.29 is 0 Å². The standard InChI is InChI=1S/C15H10N4/c16-8-11-3-5-12(6-4-11)15-18-10-14(19-15)13-2-1-7-17-9-13/h1-7,9-10H,(H,18,19). The number of H-pyrrole nitrogens is 1. The molecule has 0 radical (unpaired) electrons. The zero-order valence-electron chi connectivity index (χ0n) is 10.0. The maximum Gasteiger partial charge on any atom is 0.137 e. The van der Waals surface area contributed by atoms with Crippen LogP contribution in [0.2, 0.25) is 0 Å². The number of hydrogen-bond donors (Lipinski definition) is 1. The normalized spacial score (nSPS) is 10.1. The van der Waals surface area contributed by atoms with E-state index in [-0.39, 0.29) is 0 Å². The number of nitrogens with zero attached hydrogens (tertiary/aromatic N) is 3. The van der Waals surface area contributed by atoms with E-state index in [9.17, 15) is 0 Å². The number of aromatic nitrogens is 3. The summed E-state index contributed by atoms with van der Waals surface area (Å²) in [6, 6.07) is 13.3. The number of imidazole rings is 1. The molecule has 1 N–H and O–H groups in total. The molecule has 2 heterocycles. The van der Waals surface area contributed by atoms with Crippen LogP contribution in [-0.2, 0) is 0 Å². The van der Waals surface area contributed by atoms with Gasteiger partial charge in [-0.25, -0.2) is 4.98 Å². The Balaban J connectivity index is 1.95. The van der Waals surface area contributed by atoms with E-state index in [0.717, 1.165) is 22.6 Å². The van der Waals surface area contributed by atoms with Crippen LogP contribution in [0.4, 0.5) is 0 Å². The second-order valence-electron chi connectivity index (χ2n) is 4.08. The number of nitriles is 1. The number of aromatic amines is 1. The van der Waals surface area contributed by atoms with Crippen LogP contribution in [-0.4, -0.2) is 15.0 Å². The Morgan fingerprint density at radius 1 is 1.00 bits per heavy atom. The monoisotopic (exact) mass is 246 g/mol. The van der Waals surface area contributed by atoms with Crippen molar-refractivity contribution in [1.29, 1.82) is 5.26 Å². The maximum absolute atomic E-state index is 8.77. The highest BCUT2D eigenvalue weighted by atomic mass is 14.9. The molecule has 0 unspecified atom stereocenters. The Morgan fingerprint density at radius 3 is 2.53 bits per heavy atom. The van der Waals surface area contributed by atoms with Crippen molar-refractivity contribution in [2.24, 2.45) is 0 Å². The highest BCUT2D eigenvalue weighted by Gasteiger charge is 2.05. The first-order chi connectivity index (χ1) is 9.36. The zero-order valence-corrected chi connectivity index (χ0v) is 10.0. The van der Waals surface area contributed by atoms with Gasteiger partial charge in [-0.3, -0.25) is 4.98 Å². The smallest absolute Gasteiger partial charge is 0.137 e. The second-order valence-corrected chi connectivity index (χ2v) is 4.08. The third kappa shape index (κ3) is 2.22. The Kier molecular flexibility index (Phi) is 2.79. The molecule has 1 aromatic carbocycles. The van der Waals surface area contributed by atoms with Gasteiger partial charge in [0.05, 0.1) is 23.5 Å². The molecule has 0 atom stereocenters. The molecule has 2 aromatic heterocycles. The van der Waals surface area contributed by atoms with Crippen LogP contribution in [0.1, 0.15) is 5.56 Å². The quantitative estimate of drug-likeness (QED) is 0.755. The minimum Gasteiger partial charge on any atom is -0.338 e. The molecule has 4 heteroatoms. The van der Waals surface area contributed by atoms with E-state index < -0.39 is 0 Å². The summed E-state index contributed by atoms with van der Waals surface area (Å²) in [5.41, 5.74) is 3.51. The number of nitrogens with one attached hydrogen (secondary N) is 1. The van der Waals surface area contributed by atoms with Gasteiger partial charge >= 0.3 is 0 Å². The molecule has 0 aliphatic heterocycles. The molecule has 0 spiro atoms. The van der Waals surface area contributed by atoms with Crippen molar-refractivity contribution in [3.05, 3.63) is 60.6 Å². The van der Waals surface area contributed by atoms with E-state index in [2.05, 4.69) is 21.0 Å². The van der Waals surface area contributed by atoms with Gasteiger partial charge in [0.2, 0.25) is 0 Å². The zero-order chi connectivity index (χ0) is 13.1. The number of rotatable bonds is 2. The maximum atomic E-state index is 8.77. The topological polar surface area (TPSA) is 65.4 Å². The van der Waals surface area contributed by atoms with Gasteiger partial charge < -0.3 is 4.98 Å². The minimum atomic E-state index is 0.641. The van der Waals surface area contributed by atoms with Gasteiger partial charge in [-0.05, 0) is 36.4 Å². The van der Waals surface area contributed by atoms with Crippen molar-refractivity contribution >= 4 is 0 Å². The SMILES string of the molecule is N#Cc1ccc(-c2ncc(-c3cccnc3)[nH]2)cc1. The molecule has 0 bridgehead atoms. The first kappa shape index (κ1) is 11.2. The van der Waals surface area contributed by atoms with Crippen LogP contribution >= 0.6 is 0 Å². The Morgan fingerprint density at radius 2 is 1.84 bits per heavy atom. The molecule has 0 saturated heterocycles. The molecule has 0 fully saturated rings. The lowest BCUT2D eigenvalue weighted by molar-refractivity contribution is 1.29. The van der Waals surface area contributed by atoms with Crippen LogP contribution < -0.4 is 0 Å². The largest absolute Gasteiger partial charge is 0.338 e. The lowest BCUT2D eigenvalue weighted by Crippen LogP contribution is -1.82. The summed E-state index contributed by atoms with van der Waals surface area (Å²) >= 11 is 0. The van der Waals surface area contributed by atoms with E-state index in [1.165, 1.54) is 0 Å². The molecule has 0 amide bonds. The van der Waals surface area contributed by atoms with Gasteiger partial charge in [-0.15, -0.1) is 0 Å². The summed E-state index contributed by atoms with van der Waals surface area (Å²) in [6.07, 6.45) is 5.31. The molecule has 4 nitrogen and oxygen atoms in total. The summed E-state index contributed by atoms with van der Waals surface area (Å²) < 4.78 is 0. The van der Waals surface area contributed by atoms with Gasteiger partial charge in [0.25, 0.3) is 0 Å². The van der Waals surface area contributed by atoms with E-state index in [1.54, 1.807) is 30.7 Å². The fourth-order valence-electron chi connectivity index (χ4n) is 1.84. The van der Waals surface area contributed by atoms with Crippen LogP contribution in [0.15, 0.2) is 55.0 Å². The molecule has 0 aliphatic carbocycles. The summed E-state index contributed by atoms with van der Waals surface area (Å²) in [7, 11) is 0. The van der Waals surface area contributed by atoms with Crippen LogP contribution in [0.5, 0.6) is 0 Å². The Bertz CT molecular complexity index is 721. The molecule has 3 rings (SSSR count). The van der Waals surface area contributed by atoms with E-state index in [0.29, 0.717) is 5.56 Å².